The third-order valence-electron chi connectivity index (χ3n) is 3.34. The molecule has 3 nitrogen and oxygen atoms in total. The summed E-state index contributed by atoms with van der Waals surface area (Å²) in [4.78, 5) is 6.90. The first-order valence-electron chi connectivity index (χ1n) is 5.64. The highest BCUT2D eigenvalue weighted by Crippen LogP contribution is 2.26. The number of rotatable bonds is 3. The number of aromatic nitrogens is 1. The first kappa shape index (κ1) is 11.0. The van der Waals surface area contributed by atoms with E-state index >= 15 is 0 Å². The van der Waals surface area contributed by atoms with Crippen LogP contribution in [0.25, 0.3) is 0 Å². The van der Waals surface area contributed by atoms with E-state index in [2.05, 4.69) is 22.2 Å². The molecule has 1 aromatic rings. The van der Waals surface area contributed by atoms with Crippen molar-refractivity contribution in [3.05, 3.63) is 16.6 Å². The molecule has 0 saturated carbocycles. The lowest BCUT2D eigenvalue weighted by atomic mass is 9.96. The van der Waals surface area contributed by atoms with Crippen molar-refractivity contribution in [3.8, 4) is 0 Å². The van der Waals surface area contributed by atoms with Crippen LogP contribution >= 0.6 is 11.3 Å². The molecule has 1 saturated heterocycles. The Morgan fingerprint density at radius 3 is 2.87 bits per heavy atom. The molecule has 2 N–H and O–H groups in total. The number of piperidine rings is 1. The van der Waals surface area contributed by atoms with Gasteiger partial charge in [0.2, 0.25) is 0 Å². The summed E-state index contributed by atoms with van der Waals surface area (Å²) >= 11 is 1.75. The molecule has 0 radical (unpaired) electrons. The van der Waals surface area contributed by atoms with Gasteiger partial charge < -0.3 is 5.73 Å². The van der Waals surface area contributed by atoms with E-state index in [1.165, 1.54) is 30.9 Å². The van der Waals surface area contributed by atoms with E-state index in [1.807, 2.05) is 6.20 Å². The van der Waals surface area contributed by atoms with Gasteiger partial charge in [0.05, 0.1) is 6.04 Å². The van der Waals surface area contributed by atoms with Gasteiger partial charge in [-0.05, 0) is 45.3 Å². The molecule has 1 aliphatic rings. The summed E-state index contributed by atoms with van der Waals surface area (Å²) < 4.78 is 0. The van der Waals surface area contributed by atoms with Crippen LogP contribution in [0.1, 0.15) is 30.8 Å². The fourth-order valence-electron chi connectivity index (χ4n) is 2.17. The molecule has 4 heteroatoms. The lowest BCUT2D eigenvalue weighted by Crippen LogP contribution is -2.37. The molecule has 0 spiro atoms. The average molecular weight is 225 g/mol. The maximum atomic E-state index is 5.69. The third kappa shape index (κ3) is 2.56. The predicted molar refractivity (Wildman–Crippen MR) is 63.9 cm³/mol. The van der Waals surface area contributed by atoms with Gasteiger partial charge in [0.25, 0.3) is 0 Å². The standard InChI is InChI=1S/C11H19N3S/c1-9(11-13-4-7-15-11)14-5-2-10(8-12)3-6-14/h4,7,9-10H,2-3,5-6,8,12H2,1H3. The topological polar surface area (TPSA) is 42.2 Å². The molecule has 0 aromatic carbocycles. The highest BCUT2D eigenvalue weighted by Gasteiger charge is 2.23. The van der Waals surface area contributed by atoms with Crippen LogP contribution in [0.2, 0.25) is 0 Å². The van der Waals surface area contributed by atoms with Gasteiger partial charge in [0.15, 0.2) is 0 Å². The molecule has 1 aromatic heterocycles. The molecule has 2 heterocycles. The molecular formula is C11H19N3S. The van der Waals surface area contributed by atoms with E-state index in [1.54, 1.807) is 11.3 Å². The zero-order chi connectivity index (χ0) is 10.7. The molecule has 1 unspecified atom stereocenters. The van der Waals surface area contributed by atoms with Crippen LogP contribution in [0.4, 0.5) is 0 Å². The second kappa shape index (κ2) is 5.05. The minimum Gasteiger partial charge on any atom is -0.330 e. The van der Waals surface area contributed by atoms with Crippen molar-refractivity contribution < 1.29 is 0 Å². The van der Waals surface area contributed by atoms with Crippen LogP contribution < -0.4 is 5.73 Å². The van der Waals surface area contributed by atoms with Gasteiger partial charge in [-0.25, -0.2) is 4.98 Å². The molecule has 84 valence electrons. The monoisotopic (exact) mass is 225 g/mol. The molecule has 0 amide bonds. The third-order valence-corrected chi connectivity index (χ3v) is 4.28. The number of hydrogen-bond donors (Lipinski definition) is 1. The minimum absolute atomic E-state index is 0.476. The smallest absolute Gasteiger partial charge is 0.109 e. The minimum atomic E-state index is 0.476. The Morgan fingerprint density at radius 1 is 1.60 bits per heavy atom. The van der Waals surface area contributed by atoms with E-state index in [9.17, 15) is 0 Å². The van der Waals surface area contributed by atoms with Gasteiger partial charge in [-0.3, -0.25) is 4.90 Å². The lowest BCUT2D eigenvalue weighted by molar-refractivity contribution is 0.143. The summed E-state index contributed by atoms with van der Waals surface area (Å²) in [5, 5.41) is 3.29. The number of likely N-dealkylation sites (tertiary alicyclic amines) is 1. The Hall–Kier alpha value is -0.450. The van der Waals surface area contributed by atoms with Crippen molar-refractivity contribution in [2.75, 3.05) is 19.6 Å². The molecule has 2 rings (SSSR count). The van der Waals surface area contributed by atoms with Gasteiger partial charge in [0, 0.05) is 11.6 Å². The summed E-state index contributed by atoms with van der Waals surface area (Å²) in [5.74, 6) is 0.741. The second-order valence-electron chi connectivity index (χ2n) is 4.26. The number of nitrogens with zero attached hydrogens (tertiary/aromatic N) is 2. The fourth-order valence-corrected chi connectivity index (χ4v) is 2.90. The van der Waals surface area contributed by atoms with Crippen molar-refractivity contribution in [1.82, 2.24) is 9.88 Å². The van der Waals surface area contributed by atoms with Crippen LogP contribution in [0.15, 0.2) is 11.6 Å². The SMILES string of the molecule is CC(c1nccs1)N1CCC(CN)CC1. The first-order chi connectivity index (χ1) is 7.31. The molecule has 0 bridgehead atoms. The fraction of sp³-hybridized carbons (Fsp3) is 0.727. The van der Waals surface area contributed by atoms with E-state index in [0.29, 0.717) is 6.04 Å². The summed E-state index contributed by atoms with van der Waals surface area (Å²) in [6.45, 7) is 5.44. The highest BCUT2D eigenvalue weighted by molar-refractivity contribution is 7.09. The molecular weight excluding hydrogens is 206 g/mol. The summed E-state index contributed by atoms with van der Waals surface area (Å²) in [5.41, 5.74) is 5.69. The maximum Gasteiger partial charge on any atom is 0.109 e. The van der Waals surface area contributed by atoms with E-state index in [0.717, 1.165) is 12.5 Å². The number of hydrogen-bond acceptors (Lipinski definition) is 4. The Bertz CT molecular complexity index is 278. The molecule has 1 atom stereocenters. The zero-order valence-electron chi connectivity index (χ0n) is 9.22. The predicted octanol–water partition coefficient (Wildman–Crippen LogP) is 1.87. The molecule has 0 aliphatic carbocycles. The van der Waals surface area contributed by atoms with Crippen LogP contribution in [0, 0.1) is 5.92 Å². The quantitative estimate of drug-likeness (QED) is 0.854. The molecule has 15 heavy (non-hydrogen) atoms. The van der Waals surface area contributed by atoms with Crippen LogP contribution in [-0.4, -0.2) is 29.5 Å². The summed E-state index contributed by atoms with van der Waals surface area (Å²) in [6, 6.07) is 0.476. The van der Waals surface area contributed by atoms with Crippen LogP contribution in [-0.2, 0) is 0 Å². The van der Waals surface area contributed by atoms with E-state index in [4.69, 9.17) is 5.73 Å². The average Bonchev–Trinajstić information content (AvgIpc) is 2.82. The Morgan fingerprint density at radius 2 is 2.33 bits per heavy atom. The Kier molecular flexibility index (Phi) is 3.72. The second-order valence-corrected chi connectivity index (χ2v) is 5.19. The van der Waals surface area contributed by atoms with Crippen molar-refractivity contribution >= 4 is 11.3 Å². The summed E-state index contributed by atoms with van der Waals surface area (Å²) in [6.07, 6.45) is 4.38. The lowest BCUT2D eigenvalue weighted by Gasteiger charge is -2.34. The van der Waals surface area contributed by atoms with Crippen LogP contribution in [0.5, 0.6) is 0 Å². The van der Waals surface area contributed by atoms with Crippen molar-refractivity contribution in [2.24, 2.45) is 11.7 Å². The van der Waals surface area contributed by atoms with Gasteiger partial charge in [0.1, 0.15) is 5.01 Å². The van der Waals surface area contributed by atoms with Gasteiger partial charge >= 0.3 is 0 Å². The van der Waals surface area contributed by atoms with E-state index < -0.39 is 0 Å². The normalized spacial score (nSPS) is 21.7. The van der Waals surface area contributed by atoms with E-state index in [-0.39, 0.29) is 0 Å². The van der Waals surface area contributed by atoms with Crippen molar-refractivity contribution in [1.29, 1.82) is 0 Å². The van der Waals surface area contributed by atoms with Crippen molar-refractivity contribution in [2.45, 2.75) is 25.8 Å². The molecule has 1 aliphatic heterocycles. The van der Waals surface area contributed by atoms with Gasteiger partial charge in [-0.1, -0.05) is 0 Å². The van der Waals surface area contributed by atoms with Crippen LogP contribution in [0.3, 0.4) is 0 Å². The number of thiazole rings is 1. The van der Waals surface area contributed by atoms with Gasteiger partial charge in [-0.2, -0.15) is 0 Å². The Balaban J connectivity index is 1.90. The maximum absolute atomic E-state index is 5.69. The largest absolute Gasteiger partial charge is 0.330 e. The van der Waals surface area contributed by atoms with Gasteiger partial charge in [-0.15, -0.1) is 11.3 Å². The van der Waals surface area contributed by atoms with Crippen molar-refractivity contribution in [3.63, 3.8) is 0 Å². The number of nitrogens with two attached hydrogens (primary N) is 1. The summed E-state index contributed by atoms with van der Waals surface area (Å²) in [7, 11) is 0. The molecule has 1 fully saturated rings. The highest BCUT2D eigenvalue weighted by atomic mass is 32.1. The zero-order valence-corrected chi connectivity index (χ0v) is 10.0. The Labute approximate surface area is 95.3 Å². The first-order valence-corrected chi connectivity index (χ1v) is 6.52.